The molecule has 4 rings (SSSR count). The normalized spacial score (nSPS) is 11.7. The molecule has 2 heterocycles. The Morgan fingerprint density at radius 3 is 2.66 bits per heavy atom. The summed E-state index contributed by atoms with van der Waals surface area (Å²) in [5, 5.41) is 3.97. The minimum Gasteiger partial charge on any atom is -0.485 e. The average Bonchev–Trinajstić information content (AvgIpc) is 3.14. The number of alkyl halides is 3. The van der Waals surface area contributed by atoms with Crippen LogP contribution in [0.2, 0.25) is 5.02 Å². The van der Waals surface area contributed by atoms with E-state index < -0.39 is 17.4 Å². The molecule has 2 aromatic carbocycles. The molecule has 0 aliphatic heterocycles. The van der Waals surface area contributed by atoms with Crippen LogP contribution in [-0.4, -0.2) is 10.1 Å². The number of rotatable bonds is 4. The average molecular weight is 423 g/mol. The minimum absolute atomic E-state index is 0.122. The van der Waals surface area contributed by atoms with Gasteiger partial charge in [0.1, 0.15) is 11.3 Å². The SMILES string of the molecule is O=c1cc(C(F)(F)F)c2ccc(OCc3noc(-c4ccccc4Cl)n3)cc2o1. The third-order valence-electron chi connectivity index (χ3n) is 3.96. The molecule has 0 aliphatic rings. The van der Waals surface area contributed by atoms with Gasteiger partial charge in [-0.3, -0.25) is 0 Å². The molecule has 0 bridgehead atoms. The van der Waals surface area contributed by atoms with Crippen LogP contribution in [0.3, 0.4) is 0 Å². The van der Waals surface area contributed by atoms with Gasteiger partial charge in [0.05, 0.1) is 16.1 Å². The number of benzene rings is 2. The Morgan fingerprint density at radius 1 is 1.10 bits per heavy atom. The fourth-order valence-corrected chi connectivity index (χ4v) is 2.89. The summed E-state index contributed by atoms with van der Waals surface area (Å²) in [5.41, 5.74) is -1.87. The van der Waals surface area contributed by atoms with Crippen molar-refractivity contribution in [2.75, 3.05) is 0 Å². The van der Waals surface area contributed by atoms with Gasteiger partial charge in [0, 0.05) is 17.5 Å². The van der Waals surface area contributed by atoms with Crippen LogP contribution in [0.15, 0.2) is 62.3 Å². The number of hydrogen-bond acceptors (Lipinski definition) is 6. The fourth-order valence-electron chi connectivity index (χ4n) is 2.67. The zero-order valence-electron chi connectivity index (χ0n) is 14.4. The van der Waals surface area contributed by atoms with Gasteiger partial charge in [0.2, 0.25) is 5.82 Å². The van der Waals surface area contributed by atoms with E-state index in [1.165, 1.54) is 18.2 Å². The first-order valence-electron chi connectivity index (χ1n) is 8.16. The summed E-state index contributed by atoms with van der Waals surface area (Å²) in [6.45, 7) is -0.122. The summed E-state index contributed by atoms with van der Waals surface area (Å²) >= 11 is 6.08. The lowest BCUT2D eigenvalue weighted by molar-refractivity contribution is -0.136. The lowest BCUT2D eigenvalue weighted by Gasteiger charge is -2.10. The van der Waals surface area contributed by atoms with Crippen LogP contribution < -0.4 is 10.4 Å². The van der Waals surface area contributed by atoms with Crippen LogP contribution in [0, 0.1) is 0 Å². The smallest absolute Gasteiger partial charge is 0.417 e. The van der Waals surface area contributed by atoms with Crippen LogP contribution in [0.4, 0.5) is 13.2 Å². The molecule has 0 radical (unpaired) electrons. The summed E-state index contributed by atoms with van der Waals surface area (Å²) in [5.74, 6) is 0.572. The highest BCUT2D eigenvalue weighted by atomic mass is 35.5. The standard InChI is InChI=1S/C19H10ClF3N2O4/c20-14-4-2-1-3-12(14)18-24-16(25-29-18)9-27-10-5-6-11-13(19(21,22)23)8-17(26)28-15(11)7-10/h1-8H,9H2. The van der Waals surface area contributed by atoms with E-state index in [4.69, 9.17) is 25.3 Å². The number of aromatic nitrogens is 2. The Balaban J connectivity index is 1.57. The molecule has 10 heteroatoms. The van der Waals surface area contributed by atoms with Crippen LogP contribution in [0.5, 0.6) is 5.75 Å². The summed E-state index contributed by atoms with van der Waals surface area (Å²) in [7, 11) is 0. The third-order valence-corrected chi connectivity index (χ3v) is 4.29. The number of halogens is 4. The fraction of sp³-hybridized carbons (Fsp3) is 0.105. The molecule has 0 atom stereocenters. The highest BCUT2D eigenvalue weighted by Gasteiger charge is 2.33. The maximum atomic E-state index is 13.1. The monoisotopic (exact) mass is 422 g/mol. The molecule has 0 N–H and O–H groups in total. The minimum atomic E-state index is -4.68. The van der Waals surface area contributed by atoms with Gasteiger partial charge >= 0.3 is 11.8 Å². The van der Waals surface area contributed by atoms with Crippen LogP contribution in [-0.2, 0) is 12.8 Å². The van der Waals surface area contributed by atoms with Gasteiger partial charge in [0.15, 0.2) is 6.61 Å². The molecule has 0 saturated carbocycles. The first kappa shape index (κ1) is 19.0. The Labute approximate surface area is 165 Å². The van der Waals surface area contributed by atoms with Gasteiger partial charge < -0.3 is 13.7 Å². The summed E-state index contributed by atoms with van der Waals surface area (Å²) in [4.78, 5) is 15.6. The van der Waals surface area contributed by atoms with Crippen molar-refractivity contribution in [3.8, 4) is 17.2 Å². The Morgan fingerprint density at radius 2 is 1.90 bits per heavy atom. The molecule has 0 aliphatic carbocycles. The Bertz CT molecular complexity index is 1250. The van der Waals surface area contributed by atoms with Crippen molar-refractivity contribution in [1.29, 1.82) is 0 Å². The third kappa shape index (κ3) is 3.95. The maximum absolute atomic E-state index is 13.1. The van der Waals surface area contributed by atoms with Crippen molar-refractivity contribution >= 4 is 22.6 Å². The second-order valence-corrected chi connectivity index (χ2v) is 6.33. The largest absolute Gasteiger partial charge is 0.485 e. The quantitative estimate of drug-likeness (QED) is 0.426. The van der Waals surface area contributed by atoms with Gasteiger partial charge in [-0.25, -0.2) is 4.79 Å². The number of ether oxygens (including phenoxy) is 1. The second-order valence-electron chi connectivity index (χ2n) is 5.92. The van der Waals surface area contributed by atoms with E-state index in [-0.39, 0.29) is 35.0 Å². The maximum Gasteiger partial charge on any atom is 0.417 e. The molecule has 0 saturated heterocycles. The van der Waals surface area contributed by atoms with E-state index >= 15 is 0 Å². The highest BCUT2D eigenvalue weighted by Crippen LogP contribution is 2.35. The van der Waals surface area contributed by atoms with Crippen molar-refractivity contribution in [2.24, 2.45) is 0 Å². The zero-order valence-corrected chi connectivity index (χ0v) is 15.1. The summed E-state index contributed by atoms with van der Waals surface area (Å²) in [6, 6.07) is 11.0. The molecule has 29 heavy (non-hydrogen) atoms. The molecule has 6 nitrogen and oxygen atoms in total. The van der Waals surface area contributed by atoms with E-state index in [0.717, 1.165) is 0 Å². The molecule has 0 fully saturated rings. The van der Waals surface area contributed by atoms with E-state index in [0.29, 0.717) is 16.7 Å². The zero-order chi connectivity index (χ0) is 20.6. The summed E-state index contributed by atoms with van der Waals surface area (Å²) < 4.78 is 54.8. The highest BCUT2D eigenvalue weighted by molar-refractivity contribution is 6.33. The van der Waals surface area contributed by atoms with Crippen molar-refractivity contribution in [3.63, 3.8) is 0 Å². The molecule has 0 unspecified atom stereocenters. The van der Waals surface area contributed by atoms with Crippen LogP contribution in [0.1, 0.15) is 11.4 Å². The molecular weight excluding hydrogens is 413 g/mol. The molecule has 4 aromatic rings. The van der Waals surface area contributed by atoms with Crippen LogP contribution in [0.25, 0.3) is 22.4 Å². The first-order chi connectivity index (χ1) is 13.8. The topological polar surface area (TPSA) is 78.4 Å². The van der Waals surface area contributed by atoms with Gasteiger partial charge in [-0.1, -0.05) is 28.9 Å². The van der Waals surface area contributed by atoms with E-state index in [2.05, 4.69) is 10.1 Å². The van der Waals surface area contributed by atoms with Crippen molar-refractivity contribution in [1.82, 2.24) is 10.1 Å². The van der Waals surface area contributed by atoms with E-state index in [9.17, 15) is 18.0 Å². The molecule has 0 spiro atoms. The van der Waals surface area contributed by atoms with E-state index in [1.807, 2.05) is 0 Å². The van der Waals surface area contributed by atoms with Gasteiger partial charge in [-0.2, -0.15) is 18.2 Å². The lowest BCUT2D eigenvalue weighted by Crippen LogP contribution is -2.11. The number of hydrogen-bond donors (Lipinski definition) is 0. The van der Waals surface area contributed by atoms with Gasteiger partial charge in [-0.15, -0.1) is 0 Å². The van der Waals surface area contributed by atoms with Gasteiger partial charge in [0.25, 0.3) is 5.89 Å². The number of fused-ring (bicyclic) bond motifs is 1. The van der Waals surface area contributed by atoms with Crippen LogP contribution >= 0.6 is 11.6 Å². The Hall–Kier alpha value is -3.33. The second kappa shape index (κ2) is 7.25. The Kier molecular flexibility index (Phi) is 4.75. The van der Waals surface area contributed by atoms with Crippen molar-refractivity contribution < 1.29 is 26.8 Å². The predicted molar refractivity (Wildman–Crippen MR) is 96.6 cm³/mol. The molecule has 148 valence electrons. The lowest BCUT2D eigenvalue weighted by atomic mass is 10.1. The van der Waals surface area contributed by atoms with Crippen molar-refractivity contribution in [3.05, 3.63) is 75.4 Å². The van der Waals surface area contributed by atoms with Crippen molar-refractivity contribution in [2.45, 2.75) is 12.8 Å². The molecule has 2 aromatic heterocycles. The molecular formula is C19H10ClF3N2O4. The number of nitrogens with zero attached hydrogens (tertiary/aromatic N) is 2. The van der Waals surface area contributed by atoms with E-state index in [1.54, 1.807) is 24.3 Å². The first-order valence-corrected chi connectivity index (χ1v) is 8.54. The summed E-state index contributed by atoms with van der Waals surface area (Å²) in [6.07, 6.45) is -4.68. The predicted octanol–water partition coefficient (Wildman–Crippen LogP) is 5.09. The molecule has 0 amide bonds. The van der Waals surface area contributed by atoms with Gasteiger partial charge in [-0.05, 0) is 24.3 Å².